The average Bonchev–Trinajstić information content (AvgIpc) is 3.08. The van der Waals surface area contributed by atoms with Gasteiger partial charge in [-0.2, -0.15) is 13.2 Å². The molecule has 3 N–H and O–H groups in total. The topological polar surface area (TPSA) is 87.1 Å². The second kappa shape index (κ2) is 7.58. The summed E-state index contributed by atoms with van der Waals surface area (Å²) in [7, 11) is 0. The number of benzene rings is 2. The van der Waals surface area contributed by atoms with Crippen LogP contribution in [-0.2, 0) is 6.54 Å². The van der Waals surface area contributed by atoms with Crippen molar-refractivity contribution in [1.29, 1.82) is 0 Å². The Morgan fingerprint density at radius 2 is 1.65 bits per heavy atom. The van der Waals surface area contributed by atoms with Crippen LogP contribution in [0.4, 0.5) is 33.5 Å². The summed E-state index contributed by atoms with van der Waals surface area (Å²) >= 11 is 0. The standard InChI is InChI=1S/C20H13F5N4O2/c21-11-2-1-3-12(22)14(11)17-28-13-8-26-19(31)15(13)18(29-17)27-10-6-4-9(5-7-10)16(30)20(23,24)25/h1-7,16,30H,8H2,(H,26,31)(H,27,28,29)/t16-/m0/s1. The Kier molecular flexibility index (Phi) is 5.05. The predicted octanol–water partition coefficient (Wildman–Crippen LogP) is 4.00. The Morgan fingerprint density at radius 1 is 1.00 bits per heavy atom. The van der Waals surface area contributed by atoms with E-state index >= 15 is 0 Å². The molecule has 4 rings (SSSR count). The van der Waals surface area contributed by atoms with Gasteiger partial charge in [-0.3, -0.25) is 4.79 Å². The summed E-state index contributed by atoms with van der Waals surface area (Å²) in [5.74, 6) is -2.66. The summed E-state index contributed by atoms with van der Waals surface area (Å²) in [6.45, 7) is 0.0190. The summed E-state index contributed by atoms with van der Waals surface area (Å²) < 4.78 is 66.4. The molecule has 2 heterocycles. The molecule has 0 spiro atoms. The second-order valence-corrected chi connectivity index (χ2v) is 6.69. The zero-order valence-electron chi connectivity index (χ0n) is 15.5. The van der Waals surface area contributed by atoms with Crippen LogP contribution >= 0.6 is 0 Å². The normalized spacial score (nSPS) is 14.2. The van der Waals surface area contributed by atoms with Crippen molar-refractivity contribution in [3.05, 3.63) is 70.9 Å². The molecule has 0 aliphatic carbocycles. The van der Waals surface area contributed by atoms with Gasteiger partial charge in [-0.15, -0.1) is 0 Å². The Hall–Kier alpha value is -3.60. The molecule has 6 nitrogen and oxygen atoms in total. The number of aliphatic hydroxyl groups is 1. The summed E-state index contributed by atoms with van der Waals surface area (Å²) in [6.07, 6.45) is -7.47. The van der Waals surface area contributed by atoms with Gasteiger partial charge in [-0.1, -0.05) is 18.2 Å². The van der Waals surface area contributed by atoms with Crippen LogP contribution in [0.15, 0.2) is 42.5 Å². The lowest BCUT2D eigenvalue weighted by Gasteiger charge is -2.16. The number of hydrogen-bond donors (Lipinski definition) is 3. The highest BCUT2D eigenvalue weighted by atomic mass is 19.4. The number of halogens is 5. The first-order valence-corrected chi connectivity index (χ1v) is 8.90. The highest BCUT2D eigenvalue weighted by Crippen LogP contribution is 2.34. The van der Waals surface area contributed by atoms with E-state index < -0.39 is 35.4 Å². The number of carbonyl (C=O) groups excluding carboxylic acids is 1. The summed E-state index contributed by atoms with van der Waals surface area (Å²) in [4.78, 5) is 20.4. The molecule has 0 fully saturated rings. The number of amides is 1. The molecule has 0 saturated heterocycles. The van der Waals surface area contributed by atoms with Gasteiger partial charge >= 0.3 is 6.18 Å². The van der Waals surface area contributed by atoms with Gasteiger partial charge < -0.3 is 15.7 Å². The SMILES string of the molecule is O=C1NCc2nc(-c3c(F)cccc3F)nc(Nc3ccc([C@H](O)C(F)(F)F)cc3)c21. The van der Waals surface area contributed by atoms with Crippen LogP contribution in [0.25, 0.3) is 11.4 Å². The average molecular weight is 436 g/mol. The Labute approximate surface area is 171 Å². The van der Waals surface area contributed by atoms with Crippen LogP contribution in [0, 0.1) is 11.6 Å². The molecule has 2 aromatic carbocycles. The molecule has 0 saturated carbocycles. The molecular weight excluding hydrogens is 423 g/mol. The van der Waals surface area contributed by atoms with Crippen molar-refractivity contribution in [2.24, 2.45) is 0 Å². The number of anilines is 2. The molecule has 0 bridgehead atoms. The molecule has 0 radical (unpaired) electrons. The lowest BCUT2D eigenvalue weighted by atomic mass is 10.1. The maximum Gasteiger partial charge on any atom is 0.418 e. The molecule has 1 aliphatic heterocycles. The predicted molar refractivity (Wildman–Crippen MR) is 99.3 cm³/mol. The van der Waals surface area contributed by atoms with E-state index in [4.69, 9.17) is 0 Å². The van der Waals surface area contributed by atoms with Crippen molar-refractivity contribution in [3.8, 4) is 11.4 Å². The summed E-state index contributed by atoms with van der Waals surface area (Å²) in [5.41, 5.74) is -0.350. The molecule has 1 atom stereocenters. The van der Waals surface area contributed by atoms with Gasteiger partial charge in [0.25, 0.3) is 5.91 Å². The first-order chi connectivity index (χ1) is 14.6. The van der Waals surface area contributed by atoms with Gasteiger partial charge in [-0.25, -0.2) is 18.7 Å². The maximum absolute atomic E-state index is 14.2. The van der Waals surface area contributed by atoms with Gasteiger partial charge in [0.05, 0.1) is 17.8 Å². The van der Waals surface area contributed by atoms with Crippen molar-refractivity contribution >= 4 is 17.4 Å². The van der Waals surface area contributed by atoms with Crippen LogP contribution < -0.4 is 10.6 Å². The molecule has 31 heavy (non-hydrogen) atoms. The van der Waals surface area contributed by atoms with Crippen molar-refractivity contribution in [3.63, 3.8) is 0 Å². The number of nitrogens with one attached hydrogen (secondary N) is 2. The van der Waals surface area contributed by atoms with Gasteiger partial charge in [0.1, 0.15) is 23.0 Å². The molecule has 1 aliphatic rings. The smallest absolute Gasteiger partial charge is 0.379 e. The molecule has 1 aromatic heterocycles. The minimum atomic E-state index is -4.82. The largest absolute Gasteiger partial charge is 0.418 e. The lowest BCUT2D eigenvalue weighted by Crippen LogP contribution is -2.20. The number of aliphatic hydroxyl groups excluding tert-OH is 1. The van der Waals surface area contributed by atoms with Gasteiger partial charge in [0.15, 0.2) is 11.9 Å². The van der Waals surface area contributed by atoms with Crippen molar-refractivity contribution < 1.29 is 31.9 Å². The number of rotatable bonds is 4. The zero-order valence-corrected chi connectivity index (χ0v) is 15.5. The van der Waals surface area contributed by atoms with E-state index in [9.17, 15) is 31.9 Å². The van der Waals surface area contributed by atoms with Crippen LogP contribution in [0.5, 0.6) is 0 Å². The summed E-state index contributed by atoms with van der Waals surface area (Å²) in [5, 5.41) is 14.6. The van der Waals surface area contributed by atoms with E-state index in [1.54, 1.807) is 0 Å². The molecule has 160 valence electrons. The van der Waals surface area contributed by atoms with Crippen LogP contribution in [0.1, 0.15) is 27.7 Å². The molecule has 1 amide bonds. The lowest BCUT2D eigenvalue weighted by molar-refractivity contribution is -0.206. The second-order valence-electron chi connectivity index (χ2n) is 6.69. The fourth-order valence-corrected chi connectivity index (χ4v) is 3.11. The van der Waals surface area contributed by atoms with E-state index in [2.05, 4.69) is 20.6 Å². The van der Waals surface area contributed by atoms with Crippen molar-refractivity contribution in [2.45, 2.75) is 18.8 Å². The molecule has 3 aromatic rings. The number of aromatic nitrogens is 2. The van der Waals surface area contributed by atoms with Crippen LogP contribution in [0.2, 0.25) is 0 Å². The zero-order chi connectivity index (χ0) is 22.3. The van der Waals surface area contributed by atoms with E-state index in [1.165, 1.54) is 18.2 Å². The van der Waals surface area contributed by atoms with Gasteiger partial charge in [-0.05, 0) is 29.8 Å². The Bertz CT molecular complexity index is 1150. The van der Waals surface area contributed by atoms with Crippen molar-refractivity contribution in [1.82, 2.24) is 15.3 Å². The number of nitrogens with zero attached hydrogens (tertiary/aromatic N) is 2. The number of carbonyl (C=O) groups is 1. The first kappa shape index (κ1) is 20.7. The molecular formula is C20H13F5N4O2. The fourth-order valence-electron chi connectivity index (χ4n) is 3.11. The summed E-state index contributed by atoms with van der Waals surface area (Å²) in [6, 6.07) is 7.86. The maximum atomic E-state index is 14.2. The van der Waals surface area contributed by atoms with E-state index in [1.807, 2.05) is 0 Å². The first-order valence-electron chi connectivity index (χ1n) is 8.90. The minimum absolute atomic E-state index is 0.0190. The van der Waals surface area contributed by atoms with Crippen molar-refractivity contribution in [2.75, 3.05) is 5.32 Å². The van der Waals surface area contributed by atoms with Crippen LogP contribution in [0.3, 0.4) is 0 Å². The number of alkyl halides is 3. The van der Waals surface area contributed by atoms with Crippen LogP contribution in [-0.4, -0.2) is 27.2 Å². The fraction of sp³-hybridized carbons (Fsp3) is 0.150. The minimum Gasteiger partial charge on any atom is -0.379 e. The Morgan fingerprint density at radius 3 is 2.26 bits per heavy atom. The molecule has 0 unspecified atom stereocenters. The highest BCUT2D eigenvalue weighted by Gasteiger charge is 2.39. The van der Waals surface area contributed by atoms with Gasteiger partial charge in [0, 0.05) is 5.69 Å². The third kappa shape index (κ3) is 3.91. The van der Waals surface area contributed by atoms with E-state index in [0.717, 1.165) is 24.3 Å². The third-order valence-electron chi connectivity index (χ3n) is 4.61. The van der Waals surface area contributed by atoms with E-state index in [0.29, 0.717) is 0 Å². The number of fused-ring (bicyclic) bond motifs is 1. The highest BCUT2D eigenvalue weighted by molar-refractivity contribution is 6.03. The third-order valence-corrected chi connectivity index (χ3v) is 4.61. The monoisotopic (exact) mass is 436 g/mol. The Balaban J connectivity index is 1.73. The van der Waals surface area contributed by atoms with Gasteiger partial charge in [0.2, 0.25) is 0 Å². The quantitative estimate of drug-likeness (QED) is 0.538. The van der Waals surface area contributed by atoms with E-state index in [-0.39, 0.29) is 40.7 Å². The number of hydrogen-bond acceptors (Lipinski definition) is 5. The molecule has 11 heteroatoms.